The highest BCUT2D eigenvalue weighted by Crippen LogP contribution is 2.39. The topological polar surface area (TPSA) is 60.9 Å². The smallest absolute Gasteiger partial charge is 0.313 e. The Morgan fingerprint density at radius 3 is 2.46 bits per heavy atom. The number of hydrogen-bond donors (Lipinski definition) is 0. The lowest BCUT2D eigenvalue weighted by atomic mass is 9.81. The van der Waals surface area contributed by atoms with Crippen LogP contribution in [0.1, 0.15) is 32.1 Å². The first-order chi connectivity index (χ1) is 12.5. The normalized spacial score (nSPS) is 19.1. The maximum absolute atomic E-state index is 13.0. The summed E-state index contributed by atoms with van der Waals surface area (Å²) in [6.45, 7) is 3.78. The number of imide groups is 1. The van der Waals surface area contributed by atoms with Crippen LogP contribution in [0.25, 0.3) is 0 Å². The van der Waals surface area contributed by atoms with Crippen molar-refractivity contribution in [1.82, 2.24) is 9.80 Å². The average Bonchev–Trinajstić information content (AvgIpc) is 2.83. The lowest BCUT2D eigenvalue weighted by Crippen LogP contribution is -2.49. The van der Waals surface area contributed by atoms with Crippen LogP contribution < -0.4 is 4.90 Å². The van der Waals surface area contributed by atoms with Gasteiger partial charge in [0.05, 0.1) is 0 Å². The molecule has 2 fully saturated rings. The Labute approximate surface area is 154 Å². The number of nitrogens with zero attached hydrogens (tertiary/aromatic N) is 3. The fourth-order valence-corrected chi connectivity index (χ4v) is 3.98. The molecule has 0 atom stereocenters. The Morgan fingerprint density at radius 1 is 1.19 bits per heavy atom. The Kier molecular flexibility index (Phi) is 5.11. The second kappa shape index (κ2) is 7.32. The van der Waals surface area contributed by atoms with E-state index in [1.54, 1.807) is 22.9 Å². The molecule has 4 amide bonds. The zero-order chi connectivity index (χ0) is 18.7. The van der Waals surface area contributed by atoms with Crippen LogP contribution in [-0.2, 0) is 9.59 Å². The van der Waals surface area contributed by atoms with E-state index in [4.69, 9.17) is 0 Å². The lowest BCUT2D eigenvalue weighted by molar-refractivity contribution is -0.136. The molecule has 0 N–H and O–H groups in total. The molecule has 1 saturated carbocycles. The van der Waals surface area contributed by atoms with E-state index >= 15 is 0 Å². The van der Waals surface area contributed by atoms with Crippen molar-refractivity contribution in [2.75, 3.05) is 25.0 Å². The molecule has 6 heteroatoms. The van der Waals surface area contributed by atoms with Crippen LogP contribution in [0.15, 0.2) is 43.0 Å². The number of benzene rings is 1. The van der Waals surface area contributed by atoms with Crippen molar-refractivity contribution in [2.45, 2.75) is 37.6 Å². The molecule has 6 nitrogen and oxygen atoms in total. The van der Waals surface area contributed by atoms with Crippen molar-refractivity contribution < 1.29 is 14.4 Å². The average molecular weight is 355 g/mol. The Hall–Kier alpha value is -2.63. The molecule has 0 unspecified atom stereocenters. The summed E-state index contributed by atoms with van der Waals surface area (Å²) in [5.74, 6) is -0.524. The third-order valence-corrected chi connectivity index (χ3v) is 5.46. The van der Waals surface area contributed by atoms with Crippen LogP contribution in [0.4, 0.5) is 10.5 Å². The molecule has 26 heavy (non-hydrogen) atoms. The number of carbonyl (C=O) groups excluding carboxylic acids is 3. The number of carbonyl (C=O) groups is 3. The minimum Gasteiger partial charge on any atom is -0.313 e. The monoisotopic (exact) mass is 355 g/mol. The molecular weight excluding hydrogens is 330 g/mol. The molecule has 1 saturated heterocycles. The molecule has 0 radical (unpaired) electrons. The third-order valence-electron chi connectivity index (χ3n) is 5.46. The van der Waals surface area contributed by atoms with Gasteiger partial charge in [-0.05, 0) is 25.0 Å². The van der Waals surface area contributed by atoms with E-state index in [0.717, 1.165) is 29.8 Å². The van der Waals surface area contributed by atoms with Gasteiger partial charge in [-0.15, -0.1) is 6.58 Å². The molecule has 1 aromatic carbocycles. The molecule has 1 aliphatic heterocycles. The number of rotatable bonds is 5. The second-order valence-corrected chi connectivity index (χ2v) is 6.95. The van der Waals surface area contributed by atoms with Gasteiger partial charge in [-0.1, -0.05) is 43.5 Å². The first kappa shape index (κ1) is 18.2. The van der Waals surface area contributed by atoms with Gasteiger partial charge < -0.3 is 9.80 Å². The van der Waals surface area contributed by atoms with Gasteiger partial charge in [-0.25, -0.2) is 4.79 Å². The van der Waals surface area contributed by atoms with Crippen molar-refractivity contribution in [3.05, 3.63) is 43.0 Å². The maximum atomic E-state index is 13.0. The molecule has 1 heterocycles. The van der Waals surface area contributed by atoms with Gasteiger partial charge in [-0.3, -0.25) is 14.5 Å². The van der Waals surface area contributed by atoms with Crippen LogP contribution in [0.3, 0.4) is 0 Å². The zero-order valence-electron chi connectivity index (χ0n) is 15.2. The number of para-hydroxylation sites is 1. The number of amides is 4. The van der Waals surface area contributed by atoms with Crippen molar-refractivity contribution in [3.8, 4) is 0 Å². The SMILES string of the molecule is C=CCN(C(=O)CN1C(=O)N(C)C2(CCCCC2)C1=O)c1ccccc1. The highest BCUT2D eigenvalue weighted by atomic mass is 16.2. The van der Waals surface area contributed by atoms with E-state index in [2.05, 4.69) is 6.58 Å². The highest BCUT2D eigenvalue weighted by Gasteiger charge is 2.55. The molecule has 1 spiro atoms. The van der Waals surface area contributed by atoms with Crippen molar-refractivity contribution in [3.63, 3.8) is 0 Å². The van der Waals surface area contributed by atoms with Gasteiger partial charge in [0.15, 0.2) is 0 Å². The molecule has 2 aliphatic rings. The summed E-state index contributed by atoms with van der Waals surface area (Å²) in [5.41, 5.74) is -0.0386. The zero-order valence-corrected chi connectivity index (χ0v) is 15.2. The quantitative estimate of drug-likeness (QED) is 0.603. The fourth-order valence-electron chi connectivity index (χ4n) is 3.98. The van der Waals surface area contributed by atoms with Gasteiger partial charge >= 0.3 is 6.03 Å². The van der Waals surface area contributed by atoms with Gasteiger partial charge in [0.1, 0.15) is 12.1 Å². The van der Waals surface area contributed by atoms with Crippen LogP contribution in [0.5, 0.6) is 0 Å². The third kappa shape index (κ3) is 3.00. The standard InChI is InChI=1S/C20H25N3O3/c1-3-14-22(16-10-6-4-7-11-16)17(24)15-23-18(25)20(21(2)19(23)26)12-8-5-9-13-20/h3-4,6-7,10-11H,1,5,8-9,12-15H2,2H3. The predicted octanol–water partition coefficient (Wildman–Crippen LogP) is 2.80. The minimum atomic E-state index is -0.758. The van der Waals surface area contributed by atoms with Crippen molar-refractivity contribution in [2.24, 2.45) is 0 Å². The van der Waals surface area contributed by atoms with Crippen molar-refractivity contribution in [1.29, 1.82) is 0 Å². The molecule has 0 bridgehead atoms. The molecule has 138 valence electrons. The molecule has 3 rings (SSSR count). The summed E-state index contributed by atoms with van der Waals surface area (Å²) in [4.78, 5) is 42.8. The van der Waals surface area contributed by atoms with E-state index < -0.39 is 5.54 Å². The molecule has 0 aromatic heterocycles. The number of hydrogen-bond acceptors (Lipinski definition) is 3. The highest BCUT2D eigenvalue weighted by molar-refractivity contribution is 6.10. The lowest BCUT2D eigenvalue weighted by Gasteiger charge is -2.35. The Balaban J connectivity index is 1.80. The largest absolute Gasteiger partial charge is 0.327 e. The van der Waals surface area contributed by atoms with Gasteiger partial charge in [0.2, 0.25) is 5.91 Å². The summed E-state index contributed by atoms with van der Waals surface area (Å²) in [6.07, 6.45) is 5.92. The van der Waals surface area contributed by atoms with Crippen LogP contribution in [0.2, 0.25) is 0 Å². The van der Waals surface area contributed by atoms with E-state index in [-0.39, 0.29) is 24.4 Å². The van der Waals surface area contributed by atoms with Gasteiger partial charge in [-0.2, -0.15) is 0 Å². The van der Waals surface area contributed by atoms with Crippen LogP contribution in [0, 0.1) is 0 Å². The Bertz CT molecular complexity index is 710. The number of likely N-dealkylation sites (N-methyl/N-ethyl adjacent to an activating group) is 1. The van der Waals surface area contributed by atoms with Crippen molar-refractivity contribution >= 4 is 23.5 Å². The predicted molar refractivity (Wildman–Crippen MR) is 99.7 cm³/mol. The summed E-state index contributed by atoms with van der Waals surface area (Å²) < 4.78 is 0. The van der Waals surface area contributed by atoms with Crippen LogP contribution >= 0.6 is 0 Å². The molecule has 1 aromatic rings. The van der Waals surface area contributed by atoms with E-state index in [9.17, 15) is 14.4 Å². The molecule has 1 aliphatic carbocycles. The summed E-state index contributed by atoms with van der Waals surface area (Å²) in [7, 11) is 1.68. The maximum Gasteiger partial charge on any atom is 0.327 e. The molecular formula is C20H25N3O3. The Morgan fingerprint density at radius 2 is 1.85 bits per heavy atom. The first-order valence-corrected chi connectivity index (χ1v) is 9.07. The summed E-state index contributed by atoms with van der Waals surface area (Å²) >= 11 is 0. The van der Waals surface area contributed by atoms with Crippen LogP contribution in [-0.4, -0.2) is 53.3 Å². The van der Waals surface area contributed by atoms with Gasteiger partial charge in [0.25, 0.3) is 5.91 Å². The van der Waals surface area contributed by atoms with Gasteiger partial charge in [0, 0.05) is 19.3 Å². The number of anilines is 1. The summed E-state index contributed by atoms with van der Waals surface area (Å²) in [6, 6.07) is 8.82. The van der Waals surface area contributed by atoms with E-state index in [0.29, 0.717) is 19.4 Å². The van der Waals surface area contributed by atoms with E-state index in [1.165, 1.54) is 0 Å². The summed E-state index contributed by atoms with van der Waals surface area (Å²) in [5, 5.41) is 0. The fraction of sp³-hybridized carbons (Fsp3) is 0.450. The first-order valence-electron chi connectivity index (χ1n) is 9.07. The minimum absolute atomic E-state index is 0.232. The van der Waals surface area contributed by atoms with E-state index in [1.807, 2.05) is 30.3 Å². The second-order valence-electron chi connectivity index (χ2n) is 6.95. The number of urea groups is 1.